The standard InChI is InChI=1S/C12H17BrN2O/c1-9-4-6-15-12(11(9)13)16-8-10-3-2-5-14-7-10/h4,6,10,14H,2-3,5,7-8H2,1H3. The van der Waals surface area contributed by atoms with E-state index in [0.29, 0.717) is 11.8 Å². The molecule has 1 aliphatic rings. The molecule has 0 amide bonds. The van der Waals surface area contributed by atoms with Gasteiger partial charge in [0.25, 0.3) is 0 Å². The highest BCUT2D eigenvalue weighted by Crippen LogP contribution is 2.26. The fourth-order valence-electron chi connectivity index (χ4n) is 1.88. The lowest BCUT2D eigenvalue weighted by atomic mass is 10.0. The van der Waals surface area contributed by atoms with Crippen LogP contribution in [0.3, 0.4) is 0 Å². The van der Waals surface area contributed by atoms with Crippen molar-refractivity contribution in [3.05, 3.63) is 22.3 Å². The Morgan fingerprint density at radius 2 is 2.50 bits per heavy atom. The molecule has 1 saturated heterocycles. The van der Waals surface area contributed by atoms with Crippen molar-refractivity contribution in [2.24, 2.45) is 5.92 Å². The summed E-state index contributed by atoms with van der Waals surface area (Å²) in [5.41, 5.74) is 1.16. The molecule has 0 aliphatic carbocycles. The minimum absolute atomic E-state index is 0.614. The molecule has 1 N–H and O–H groups in total. The second kappa shape index (κ2) is 5.64. The van der Waals surface area contributed by atoms with Crippen LogP contribution in [-0.4, -0.2) is 24.7 Å². The van der Waals surface area contributed by atoms with Crippen LogP contribution in [0.5, 0.6) is 5.88 Å². The summed E-state index contributed by atoms with van der Waals surface area (Å²) >= 11 is 3.50. The topological polar surface area (TPSA) is 34.1 Å². The first-order valence-corrected chi connectivity index (χ1v) is 6.51. The fourth-order valence-corrected chi connectivity index (χ4v) is 2.23. The minimum Gasteiger partial charge on any atom is -0.477 e. The molecule has 0 saturated carbocycles. The Bertz CT molecular complexity index is 351. The van der Waals surface area contributed by atoms with Crippen LogP contribution >= 0.6 is 15.9 Å². The van der Waals surface area contributed by atoms with Crippen LogP contribution < -0.4 is 10.1 Å². The van der Waals surface area contributed by atoms with E-state index < -0.39 is 0 Å². The molecule has 1 aromatic heterocycles. The Labute approximate surface area is 105 Å². The van der Waals surface area contributed by atoms with E-state index in [1.54, 1.807) is 6.20 Å². The Morgan fingerprint density at radius 1 is 1.62 bits per heavy atom. The smallest absolute Gasteiger partial charge is 0.228 e. The van der Waals surface area contributed by atoms with E-state index in [9.17, 15) is 0 Å². The summed E-state index contributed by atoms with van der Waals surface area (Å²) in [5.74, 6) is 1.33. The third kappa shape index (κ3) is 2.95. The van der Waals surface area contributed by atoms with Gasteiger partial charge in [0, 0.05) is 18.7 Å². The lowest BCUT2D eigenvalue weighted by molar-refractivity contribution is 0.211. The largest absolute Gasteiger partial charge is 0.477 e. The molecule has 1 aromatic rings. The van der Waals surface area contributed by atoms with Gasteiger partial charge in [-0.25, -0.2) is 4.98 Å². The number of rotatable bonds is 3. The number of piperidine rings is 1. The molecule has 3 nitrogen and oxygen atoms in total. The molecule has 1 aliphatic heterocycles. The van der Waals surface area contributed by atoms with Gasteiger partial charge in [0.15, 0.2) is 0 Å². The summed E-state index contributed by atoms with van der Waals surface area (Å²) in [6.07, 6.45) is 4.28. The Morgan fingerprint density at radius 3 is 3.25 bits per heavy atom. The van der Waals surface area contributed by atoms with Crippen LogP contribution in [0.2, 0.25) is 0 Å². The van der Waals surface area contributed by atoms with Gasteiger partial charge in [-0.05, 0) is 53.9 Å². The second-order valence-electron chi connectivity index (χ2n) is 4.27. The lowest BCUT2D eigenvalue weighted by Gasteiger charge is -2.22. The predicted molar refractivity (Wildman–Crippen MR) is 67.8 cm³/mol. The highest BCUT2D eigenvalue weighted by atomic mass is 79.9. The van der Waals surface area contributed by atoms with Gasteiger partial charge >= 0.3 is 0 Å². The SMILES string of the molecule is Cc1ccnc(OCC2CCCNC2)c1Br. The molecule has 0 radical (unpaired) electrons. The van der Waals surface area contributed by atoms with Crippen molar-refractivity contribution in [1.82, 2.24) is 10.3 Å². The van der Waals surface area contributed by atoms with Crippen LogP contribution in [0.4, 0.5) is 0 Å². The van der Waals surface area contributed by atoms with Gasteiger partial charge in [-0.1, -0.05) is 0 Å². The van der Waals surface area contributed by atoms with Crippen molar-refractivity contribution in [1.29, 1.82) is 0 Å². The van der Waals surface area contributed by atoms with Crippen molar-refractivity contribution in [3.63, 3.8) is 0 Å². The van der Waals surface area contributed by atoms with E-state index in [2.05, 4.69) is 26.2 Å². The molecule has 4 heteroatoms. The zero-order valence-corrected chi connectivity index (χ0v) is 11.1. The molecule has 1 fully saturated rings. The first-order valence-electron chi connectivity index (χ1n) is 5.72. The van der Waals surface area contributed by atoms with Crippen LogP contribution in [0, 0.1) is 12.8 Å². The van der Waals surface area contributed by atoms with E-state index in [1.165, 1.54) is 12.8 Å². The molecule has 0 aromatic carbocycles. The fraction of sp³-hybridized carbons (Fsp3) is 0.583. The Hall–Kier alpha value is -0.610. The number of nitrogens with one attached hydrogen (secondary N) is 1. The normalized spacial score (nSPS) is 20.8. The van der Waals surface area contributed by atoms with Crippen LogP contribution in [0.25, 0.3) is 0 Å². The third-order valence-corrected chi connectivity index (χ3v) is 3.87. The van der Waals surface area contributed by atoms with Gasteiger partial charge in [-0.3, -0.25) is 0 Å². The molecule has 2 heterocycles. The monoisotopic (exact) mass is 284 g/mol. The van der Waals surface area contributed by atoms with Crippen molar-refractivity contribution in [2.75, 3.05) is 19.7 Å². The number of ether oxygens (including phenoxy) is 1. The van der Waals surface area contributed by atoms with Crippen molar-refractivity contribution >= 4 is 15.9 Å². The molecule has 16 heavy (non-hydrogen) atoms. The van der Waals surface area contributed by atoms with Gasteiger partial charge in [0.2, 0.25) is 5.88 Å². The average Bonchev–Trinajstić information content (AvgIpc) is 2.32. The number of nitrogens with zero attached hydrogens (tertiary/aromatic N) is 1. The van der Waals surface area contributed by atoms with Crippen molar-refractivity contribution in [2.45, 2.75) is 19.8 Å². The minimum atomic E-state index is 0.614. The maximum atomic E-state index is 5.76. The number of hydrogen-bond acceptors (Lipinski definition) is 3. The molecule has 88 valence electrons. The van der Waals surface area contributed by atoms with Gasteiger partial charge in [0.1, 0.15) is 0 Å². The predicted octanol–water partition coefficient (Wildman–Crippen LogP) is 2.53. The molecular weight excluding hydrogens is 268 g/mol. The number of pyridine rings is 1. The molecule has 0 spiro atoms. The summed E-state index contributed by atoms with van der Waals surface area (Å²) in [4.78, 5) is 4.23. The summed E-state index contributed by atoms with van der Waals surface area (Å²) in [6, 6.07) is 1.97. The zero-order chi connectivity index (χ0) is 11.4. The highest BCUT2D eigenvalue weighted by Gasteiger charge is 2.14. The number of aromatic nitrogens is 1. The van der Waals surface area contributed by atoms with Crippen molar-refractivity contribution < 1.29 is 4.74 Å². The second-order valence-corrected chi connectivity index (χ2v) is 5.06. The van der Waals surface area contributed by atoms with E-state index in [0.717, 1.165) is 29.7 Å². The number of halogens is 1. The first-order chi connectivity index (χ1) is 7.77. The van der Waals surface area contributed by atoms with E-state index in [1.807, 2.05) is 13.0 Å². The zero-order valence-electron chi connectivity index (χ0n) is 9.50. The summed E-state index contributed by atoms with van der Waals surface area (Å²) in [6.45, 7) is 5.00. The first kappa shape index (κ1) is 11.9. The highest BCUT2D eigenvalue weighted by molar-refractivity contribution is 9.10. The van der Waals surface area contributed by atoms with Gasteiger partial charge in [-0.15, -0.1) is 0 Å². The third-order valence-electron chi connectivity index (χ3n) is 2.90. The molecular formula is C12H17BrN2O. The average molecular weight is 285 g/mol. The summed E-state index contributed by atoms with van der Waals surface area (Å²) in [5, 5.41) is 3.38. The Balaban J connectivity index is 1.91. The molecule has 1 unspecified atom stereocenters. The number of hydrogen-bond donors (Lipinski definition) is 1. The maximum Gasteiger partial charge on any atom is 0.228 e. The number of aryl methyl sites for hydroxylation is 1. The van der Waals surface area contributed by atoms with E-state index >= 15 is 0 Å². The van der Waals surface area contributed by atoms with E-state index in [4.69, 9.17) is 4.74 Å². The quantitative estimate of drug-likeness (QED) is 0.926. The van der Waals surface area contributed by atoms with Crippen LogP contribution in [0.15, 0.2) is 16.7 Å². The molecule has 1 atom stereocenters. The van der Waals surface area contributed by atoms with Gasteiger partial charge in [-0.2, -0.15) is 0 Å². The van der Waals surface area contributed by atoms with Crippen LogP contribution in [-0.2, 0) is 0 Å². The Kier molecular flexibility index (Phi) is 4.18. The van der Waals surface area contributed by atoms with Crippen LogP contribution in [0.1, 0.15) is 18.4 Å². The lowest BCUT2D eigenvalue weighted by Crippen LogP contribution is -2.33. The maximum absolute atomic E-state index is 5.76. The van der Waals surface area contributed by atoms with E-state index in [-0.39, 0.29) is 0 Å². The molecule has 0 bridgehead atoms. The summed E-state index contributed by atoms with van der Waals surface area (Å²) < 4.78 is 6.73. The van der Waals surface area contributed by atoms with Gasteiger partial charge < -0.3 is 10.1 Å². The van der Waals surface area contributed by atoms with Gasteiger partial charge in [0.05, 0.1) is 11.1 Å². The van der Waals surface area contributed by atoms with Crippen molar-refractivity contribution in [3.8, 4) is 5.88 Å². The summed E-state index contributed by atoms with van der Waals surface area (Å²) in [7, 11) is 0. The molecule has 2 rings (SSSR count).